The van der Waals surface area contributed by atoms with Crippen LogP contribution in [0.15, 0.2) is 107 Å². The van der Waals surface area contributed by atoms with Crippen molar-refractivity contribution < 1.29 is 31.3 Å². The Balaban J connectivity index is 1.47. The molecule has 0 aliphatic carbocycles. The number of thioether (sulfide) groups is 1. The van der Waals surface area contributed by atoms with E-state index in [9.17, 15) is 36.5 Å². The van der Waals surface area contributed by atoms with Gasteiger partial charge in [0.1, 0.15) is 11.5 Å². The van der Waals surface area contributed by atoms with Crippen molar-refractivity contribution in [1.82, 2.24) is 4.72 Å². The van der Waals surface area contributed by atoms with Crippen LogP contribution in [0, 0.1) is 15.9 Å². The number of hydrogen-bond donors (Lipinski definition) is 2. The van der Waals surface area contributed by atoms with Crippen molar-refractivity contribution in [3.05, 3.63) is 119 Å². The monoisotopic (exact) mass is 587 g/mol. The highest BCUT2D eigenvalue weighted by Crippen LogP contribution is 2.37. The summed E-state index contributed by atoms with van der Waals surface area (Å²) in [5.74, 6) is -1.40. The summed E-state index contributed by atoms with van der Waals surface area (Å²) in [6.45, 7) is -0.968. The van der Waals surface area contributed by atoms with Gasteiger partial charge < -0.3 is 5.32 Å². The van der Waals surface area contributed by atoms with Crippen LogP contribution in [0.25, 0.3) is 11.1 Å². The zero-order valence-corrected chi connectivity index (χ0v) is 22.0. The standard InChI is InChI=1S/C27H20F3N3O5S2/c28-21-12-10-19(11-13-21)18-6-8-20(9-7-18)26(34)32-40(37,38)23-14-15-24(25(16-23)33(35)36)31-17-27(29,30)39-22-4-2-1-3-5-22/h1-16,31H,17H2,(H,32,34). The molecule has 0 bridgehead atoms. The largest absolute Gasteiger partial charge is 0.373 e. The Bertz CT molecular complexity index is 1630. The lowest BCUT2D eigenvalue weighted by atomic mass is 10.0. The van der Waals surface area contributed by atoms with Gasteiger partial charge in [0.05, 0.1) is 16.4 Å². The van der Waals surface area contributed by atoms with Crippen LogP contribution in [0.5, 0.6) is 0 Å². The van der Waals surface area contributed by atoms with E-state index in [1.165, 1.54) is 36.4 Å². The molecule has 40 heavy (non-hydrogen) atoms. The molecular weight excluding hydrogens is 567 g/mol. The fourth-order valence-electron chi connectivity index (χ4n) is 3.57. The molecule has 1 amide bonds. The van der Waals surface area contributed by atoms with E-state index >= 15 is 0 Å². The van der Waals surface area contributed by atoms with Gasteiger partial charge in [0.25, 0.3) is 21.6 Å². The summed E-state index contributed by atoms with van der Waals surface area (Å²) >= 11 is 0.267. The third-order valence-corrected chi connectivity index (χ3v) is 7.80. The fraction of sp³-hybridized carbons (Fsp3) is 0.0741. The number of hydrogen-bond acceptors (Lipinski definition) is 7. The molecule has 0 fully saturated rings. The quantitative estimate of drug-likeness (QED) is 0.127. The molecule has 4 aromatic carbocycles. The van der Waals surface area contributed by atoms with Crippen molar-refractivity contribution in [3.63, 3.8) is 0 Å². The van der Waals surface area contributed by atoms with Crippen molar-refractivity contribution in [2.24, 2.45) is 0 Å². The number of nitro benzene ring substituents is 1. The number of sulfonamides is 1. The minimum atomic E-state index is -4.56. The van der Waals surface area contributed by atoms with Crippen LogP contribution in [0.2, 0.25) is 0 Å². The summed E-state index contributed by atoms with van der Waals surface area (Å²) in [6.07, 6.45) is 0. The lowest BCUT2D eigenvalue weighted by molar-refractivity contribution is -0.384. The van der Waals surface area contributed by atoms with E-state index in [4.69, 9.17) is 0 Å². The Morgan fingerprint density at radius 1 is 0.900 bits per heavy atom. The predicted octanol–water partition coefficient (Wildman–Crippen LogP) is 6.32. The van der Waals surface area contributed by atoms with Crippen molar-refractivity contribution in [3.8, 4) is 11.1 Å². The molecule has 13 heteroatoms. The number of nitrogens with one attached hydrogen (secondary N) is 2. The molecule has 0 atom stereocenters. The molecule has 0 unspecified atom stereocenters. The van der Waals surface area contributed by atoms with Gasteiger partial charge in [-0.1, -0.05) is 54.2 Å². The molecule has 0 saturated heterocycles. The van der Waals surface area contributed by atoms with Gasteiger partial charge in [-0.05, 0) is 59.7 Å². The van der Waals surface area contributed by atoms with Crippen LogP contribution in [-0.4, -0.2) is 31.0 Å². The van der Waals surface area contributed by atoms with E-state index < -0.39 is 49.1 Å². The van der Waals surface area contributed by atoms with E-state index in [-0.39, 0.29) is 23.0 Å². The number of anilines is 1. The predicted molar refractivity (Wildman–Crippen MR) is 145 cm³/mol. The maximum atomic E-state index is 14.4. The Labute approximate surface area is 231 Å². The average molecular weight is 588 g/mol. The number of rotatable bonds is 10. The van der Waals surface area contributed by atoms with Crippen LogP contribution in [0.3, 0.4) is 0 Å². The first-order chi connectivity index (χ1) is 18.9. The van der Waals surface area contributed by atoms with E-state index in [1.54, 1.807) is 42.5 Å². The van der Waals surface area contributed by atoms with Crippen molar-refractivity contribution in [2.75, 3.05) is 11.9 Å². The second kappa shape index (κ2) is 11.8. The number of nitrogens with zero attached hydrogens (tertiary/aromatic N) is 1. The minimum absolute atomic E-state index is 0.0135. The Kier molecular flexibility index (Phi) is 8.45. The third kappa shape index (κ3) is 7.18. The van der Waals surface area contributed by atoms with Crippen LogP contribution >= 0.6 is 11.8 Å². The molecule has 0 aromatic heterocycles. The molecule has 4 rings (SSSR count). The highest BCUT2D eigenvalue weighted by Gasteiger charge is 2.32. The number of halogens is 3. The summed E-state index contributed by atoms with van der Waals surface area (Å²) in [4.78, 5) is 23.0. The first-order valence-corrected chi connectivity index (χ1v) is 13.8. The Hall–Kier alpha value is -4.36. The maximum Gasteiger partial charge on any atom is 0.315 e. The van der Waals surface area contributed by atoms with Crippen molar-refractivity contribution >= 4 is 39.1 Å². The molecule has 0 heterocycles. The van der Waals surface area contributed by atoms with Crippen LogP contribution in [0.4, 0.5) is 24.5 Å². The molecule has 0 aliphatic rings. The van der Waals surface area contributed by atoms with Crippen molar-refractivity contribution in [1.29, 1.82) is 0 Å². The lowest BCUT2D eigenvalue weighted by Crippen LogP contribution is -2.30. The number of alkyl halides is 2. The number of carbonyl (C=O) groups excluding carboxylic acids is 1. The number of benzene rings is 4. The second-order valence-electron chi connectivity index (χ2n) is 8.36. The molecule has 4 aromatic rings. The van der Waals surface area contributed by atoms with Gasteiger partial charge in [0.15, 0.2) is 0 Å². The first-order valence-electron chi connectivity index (χ1n) is 11.5. The smallest absolute Gasteiger partial charge is 0.315 e. The normalized spacial score (nSPS) is 11.6. The molecule has 0 aliphatic heterocycles. The Morgan fingerprint density at radius 3 is 2.10 bits per heavy atom. The highest BCUT2D eigenvalue weighted by molar-refractivity contribution is 8.00. The van der Waals surface area contributed by atoms with E-state index in [2.05, 4.69) is 5.32 Å². The molecule has 8 nitrogen and oxygen atoms in total. The van der Waals surface area contributed by atoms with Gasteiger partial charge in [-0.25, -0.2) is 17.5 Å². The zero-order valence-electron chi connectivity index (χ0n) is 20.4. The fourth-order valence-corrected chi connectivity index (χ4v) is 5.35. The van der Waals surface area contributed by atoms with E-state index in [0.717, 1.165) is 12.1 Å². The number of carbonyl (C=O) groups is 1. The number of nitro groups is 1. The van der Waals surface area contributed by atoms with Gasteiger partial charge >= 0.3 is 5.25 Å². The van der Waals surface area contributed by atoms with Gasteiger partial charge in [-0.15, -0.1) is 0 Å². The Morgan fingerprint density at radius 2 is 1.50 bits per heavy atom. The highest BCUT2D eigenvalue weighted by atomic mass is 32.2. The van der Waals surface area contributed by atoms with Gasteiger partial charge in [-0.3, -0.25) is 14.9 Å². The lowest BCUT2D eigenvalue weighted by Gasteiger charge is -2.17. The second-order valence-corrected chi connectivity index (χ2v) is 11.3. The molecular formula is C27H20F3N3O5S2. The summed E-state index contributed by atoms with van der Waals surface area (Å²) in [6, 6.07) is 22.0. The summed E-state index contributed by atoms with van der Waals surface area (Å²) < 4.78 is 69.4. The molecule has 2 N–H and O–H groups in total. The maximum absolute atomic E-state index is 14.4. The number of amides is 1. The van der Waals surface area contributed by atoms with Crippen LogP contribution in [0.1, 0.15) is 10.4 Å². The van der Waals surface area contributed by atoms with Gasteiger partial charge in [0, 0.05) is 16.5 Å². The average Bonchev–Trinajstić information content (AvgIpc) is 2.92. The molecule has 206 valence electrons. The molecule has 0 saturated carbocycles. The first kappa shape index (κ1) is 28.6. The summed E-state index contributed by atoms with van der Waals surface area (Å²) in [5.41, 5.74) is 0.240. The molecule has 0 spiro atoms. The molecule has 0 radical (unpaired) electrons. The summed E-state index contributed by atoms with van der Waals surface area (Å²) in [7, 11) is -4.56. The topological polar surface area (TPSA) is 118 Å². The zero-order chi connectivity index (χ0) is 28.9. The third-order valence-electron chi connectivity index (χ3n) is 5.52. The SMILES string of the molecule is O=C(NS(=O)(=O)c1ccc(NCC(F)(F)Sc2ccccc2)c([N+](=O)[O-])c1)c1ccc(-c2ccc(F)cc2)cc1. The van der Waals surface area contributed by atoms with E-state index in [1.807, 2.05) is 4.72 Å². The van der Waals surface area contributed by atoms with Crippen LogP contribution in [-0.2, 0) is 10.0 Å². The van der Waals surface area contributed by atoms with Gasteiger partial charge in [0.2, 0.25) is 0 Å². The van der Waals surface area contributed by atoms with E-state index in [0.29, 0.717) is 22.1 Å². The minimum Gasteiger partial charge on any atom is -0.373 e. The van der Waals surface area contributed by atoms with Crippen LogP contribution < -0.4 is 10.0 Å². The summed E-state index contributed by atoms with van der Waals surface area (Å²) in [5, 5.41) is 10.6. The van der Waals surface area contributed by atoms with Crippen molar-refractivity contribution in [2.45, 2.75) is 15.0 Å². The van der Waals surface area contributed by atoms with Gasteiger partial charge in [-0.2, -0.15) is 8.78 Å².